The highest BCUT2D eigenvalue weighted by atomic mass is 16.4. The summed E-state index contributed by atoms with van der Waals surface area (Å²) in [4.78, 5) is 11.1. The Labute approximate surface area is 119 Å². The van der Waals surface area contributed by atoms with Gasteiger partial charge in [0.05, 0.1) is 5.92 Å². The summed E-state index contributed by atoms with van der Waals surface area (Å²) in [5, 5.41) is 9.14. The number of unbranched alkanes of at least 4 members (excludes halogenated alkanes) is 8. The molecular weight excluding hydrogens is 238 g/mol. The molecule has 0 rings (SSSR count). The van der Waals surface area contributed by atoms with E-state index in [2.05, 4.69) is 6.92 Å². The number of hydrogen-bond acceptors (Lipinski definition) is 2. The second-order valence-corrected chi connectivity index (χ2v) is 5.58. The van der Waals surface area contributed by atoms with E-state index in [-0.39, 0.29) is 5.92 Å². The molecule has 0 fully saturated rings. The molecule has 0 aliphatic heterocycles. The zero-order valence-corrected chi connectivity index (χ0v) is 12.7. The van der Waals surface area contributed by atoms with Crippen LogP contribution in [0.25, 0.3) is 0 Å². The van der Waals surface area contributed by atoms with Gasteiger partial charge in [0.15, 0.2) is 0 Å². The van der Waals surface area contributed by atoms with Gasteiger partial charge < -0.3 is 10.8 Å². The average molecular weight is 271 g/mol. The van der Waals surface area contributed by atoms with E-state index >= 15 is 0 Å². The quantitative estimate of drug-likeness (QED) is 0.462. The maximum absolute atomic E-state index is 11.1. The van der Waals surface area contributed by atoms with E-state index in [0.29, 0.717) is 6.54 Å². The topological polar surface area (TPSA) is 63.3 Å². The summed E-state index contributed by atoms with van der Waals surface area (Å²) in [5.74, 6) is -0.772. The first-order valence-corrected chi connectivity index (χ1v) is 8.15. The molecule has 3 N–H and O–H groups in total. The van der Waals surface area contributed by atoms with Gasteiger partial charge in [-0.15, -0.1) is 0 Å². The Morgan fingerprint density at radius 2 is 1.37 bits per heavy atom. The molecule has 0 saturated heterocycles. The minimum absolute atomic E-state index is 0.147. The Balaban J connectivity index is 3.45. The molecule has 0 aromatic heterocycles. The molecule has 114 valence electrons. The van der Waals surface area contributed by atoms with Crippen molar-refractivity contribution in [1.82, 2.24) is 0 Å². The molecule has 0 aromatic carbocycles. The first kappa shape index (κ1) is 18.4. The second-order valence-electron chi connectivity index (χ2n) is 5.58. The van der Waals surface area contributed by atoms with Crippen LogP contribution in [0.5, 0.6) is 0 Å². The third-order valence-corrected chi connectivity index (χ3v) is 3.76. The summed E-state index contributed by atoms with van der Waals surface area (Å²) in [6.45, 7) is 2.90. The van der Waals surface area contributed by atoms with Gasteiger partial charge in [-0.05, 0) is 25.8 Å². The van der Waals surface area contributed by atoms with Crippen LogP contribution in [-0.2, 0) is 4.79 Å². The van der Waals surface area contributed by atoms with Gasteiger partial charge in [-0.1, -0.05) is 64.7 Å². The van der Waals surface area contributed by atoms with Crippen LogP contribution in [0.2, 0.25) is 0 Å². The first-order valence-electron chi connectivity index (χ1n) is 8.15. The minimum atomic E-state index is -0.625. The highest BCUT2D eigenvalue weighted by Gasteiger charge is 2.15. The van der Waals surface area contributed by atoms with Crippen LogP contribution in [0, 0.1) is 5.92 Å². The Kier molecular flexibility index (Phi) is 13.4. The molecule has 1 atom stereocenters. The lowest BCUT2D eigenvalue weighted by Gasteiger charge is -2.11. The van der Waals surface area contributed by atoms with Crippen LogP contribution in [0.15, 0.2) is 0 Å². The largest absolute Gasteiger partial charge is 0.481 e. The Bertz CT molecular complexity index is 207. The highest BCUT2D eigenvalue weighted by molar-refractivity contribution is 5.69. The number of hydrogen-bond donors (Lipinski definition) is 2. The van der Waals surface area contributed by atoms with Crippen molar-refractivity contribution < 1.29 is 9.90 Å². The van der Waals surface area contributed by atoms with Crippen LogP contribution in [0.1, 0.15) is 84.0 Å². The standard InChI is InChI=1S/C16H33NO2/c1-2-3-4-5-6-7-8-9-12-15(16(18)19)13-10-11-14-17/h15H,2-14,17H2,1H3,(H,18,19). The fourth-order valence-electron chi connectivity index (χ4n) is 2.45. The number of carbonyl (C=O) groups is 1. The average Bonchev–Trinajstić information content (AvgIpc) is 2.39. The van der Waals surface area contributed by atoms with Crippen molar-refractivity contribution >= 4 is 5.97 Å². The van der Waals surface area contributed by atoms with Gasteiger partial charge >= 0.3 is 5.97 Å². The molecule has 0 spiro atoms. The van der Waals surface area contributed by atoms with Gasteiger partial charge in [0.2, 0.25) is 0 Å². The third kappa shape index (κ3) is 12.2. The molecule has 0 heterocycles. The zero-order valence-electron chi connectivity index (χ0n) is 12.7. The van der Waals surface area contributed by atoms with E-state index in [4.69, 9.17) is 10.8 Å². The molecular formula is C16H33NO2. The first-order chi connectivity index (χ1) is 9.22. The second kappa shape index (κ2) is 13.9. The SMILES string of the molecule is CCCCCCCCCCC(CCCCN)C(=O)O. The molecule has 0 saturated carbocycles. The van der Waals surface area contributed by atoms with Crippen molar-refractivity contribution in [1.29, 1.82) is 0 Å². The molecule has 1 unspecified atom stereocenters. The third-order valence-electron chi connectivity index (χ3n) is 3.76. The van der Waals surface area contributed by atoms with Gasteiger partial charge in [0.1, 0.15) is 0 Å². The molecule has 0 bridgehead atoms. The summed E-state index contributed by atoms with van der Waals surface area (Å²) < 4.78 is 0. The lowest BCUT2D eigenvalue weighted by atomic mass is 9.95. The van der Waals surface area contributed by atoms with E-state index in [1.165, 1.54) is 44.9 Å². The maximum Gasteiger partial charge on any atom is 0.306 e. The molecule has 0 radical (unpaired) electrons. The van der Waals surface area contributed by atoms with Crippen LogP contribution >= 0.6 is 0 Å². The Morgan fingerprint density at radius 1 is 0.895 bits per heavy atom. The number of nitrogens with two attached hydrogens (primary N) is 1. The normalized spacial score (nSPS) is 12.5. The summed E-state index contributed by atoms with van der Waals surface area (Å²) in [7, 11) is 0. The summed E-state index contributed by atoms with van der Waals surface area (Å²) in [6.07, 6.45) is 13.7. The molecule has 3 heteroatoms. The predicted octanol–water partition coefficient (Wildman–Crippen LogP) is 4.35. The lowest BCUT2D eigenvalue weighted by molar-refractivity contribution is -0.142. The Hall–Kier alpha value is -0.570. The van der Waals surface area contributed by atoms with Gasteiger partial charge in [-0.2, -0.15) is 0 Å². The maximum atomic E-state index is 11.1. The molecule has 0 amide bonds. The molecule has 0 aliphatic carbocycles. The van der Waals surface area contributed by atoms with Gasteiger partial charge in [-0.3, -0.25) is 4.79 Å². The van der Waals surface area contributed by atoms with Crippen molar-refractivity contribution in [3.05, 3.63) is 0 Å². The Morgan fingerprint density at radius 3 is 1.84 bits per heavy atom. The number of aliphatic carboxylic acids is 1. The van der Waals surface area contributed by atoms with Crippen LogP contribution < -0.4 is 5.73 Å². The van der Waals surface area contributed by atoms with Crippen molar-refractivity contribution in [2.45, 2.75) is 84.0 Å². The van der Waals surface area contributed by atoms with Crippen molar-refractivity contribution in [3.8, 4) is 0 Å². The summed E-state index contributed by atoms with van der Waals surface area (Å²) in [5.41, 5.74) is 5.43. The van der Waals surface area contributed by atoms with Crippen molar-refractivity contribution in [3.63, 3.8) is 0 Å². The van der Waals surface area contributed by atoms with E-state index in [1.54, 1.807) is 0 Å². The molecule has 0 aromatic rings. The van der Waals surface area contributed by atoms with Gasteiger partial charge in [0, 0.05) is 0 Å². The summed E-state index contributed by atoms with van der Waals surface area (Å²) >= 11 is 0. The molecule has 3 nitrogen and oxygen atoms in total. The van der Waals surface area contributed by atoms with Gasteiger partial charge in [-0.25, -0.2) is 0 Å². The number of carboxylic acids is 1. The smallest absolute Gasteiger partial charge is 0.306 e. The van der Waals surface area contributed by atoms with E-state index in [1.807, 2.05) is 0 Å². The zero-order chi connectivity index (χ0) is 14.3. The monoisotopic (exact) mass is 271 g/mol. The fraction of sp³-hybridized carbons (Fsp3) is 0.938. The number of rotatable bonds is 14. The van der Waals surface area contributed by atoms with Crippen molar-refractivity contribution in [2.75, 3.05) is 6.54 Å². The van der Waals surface area contributed by atoms with E-state index in [0.717, 1.165) is 32.1 Å². The van der Waals surface area contributed by atoms with Crippen molar-refractivity contribution in [2.24, 2.45) is 11.7 Å². The minimum Gasteiger partial charge on any atom is -0.481 e. The van der Waals surface area contributed by atoms with Crippen LogP contribution in [0.4, 0.5) is 0 Å². The van der Waals surface area contributed by atoms with E-state index < -0.39 is 5.97 Å². The number of carboxylic acid groups (broad SMARTS) is 1. The predicted molar refractivity (Wildman–Crippen MR) is 81.3 cm³/mol. The highest BCUT2D eigenvalue weighted by Crippen LogP contribution is 2.18. The van der Waals surface area contributed by atoms with E-state index in [9.17, 15) is 4.79 Å². The lowest BCUT2D eigenvalue weighted by Crippen LogP contribution is -2.14. The van der Waals surface area contributed by atoms with Crippen LogP contribution in [0.3, 0.4) is 0 Å². The fourth-order valence-corrected chi connectivity index (χ4v) is 2.45. The molecule has 0 aliphatic rings. The van der Waals surface area contributed by atoms with Crippen LogP contribution in [-0.4, -0.2) is 17.6 Å². The van der Waals surface area contributed by atoms with Gasteiger partial charge in [0.25, 0.3) is 0 Å². The summed E-state index contributed by atoms with van der Waals surface area (Å²) in [6, 6.07) is 0. The molecule has 19 heavy (non-hydrogen) atoms.